The Morgan fingerprint density at radius 2 is 0.588 bits per heavy atom. The average Bonchev–Trinajstić information content (AvgIpc) is 2.88. The number of hydrogen-bond acceptors (Lipinski definition) is 0. The summed E-state index contributed by atoms with van der Waals surface area (Å²) in [5.74, 6) is -10.5. The van der Waals surface area contributed by atoms with Gasteiger partial charge in [0, 0.05) is 0 Å². The molecule has 34 heavy (non-hydrogen) atoms. The van der Waals surface area contributed by atoms with Crippen LogP contribution < -0.4 is 0 Å². The Morgan fingerprint density at radius 3 is 0.882 bits per heavy atom. The molecule has 5 rings (SSSR count). The van der Waals surface area contributed by atoms with Gasteiger partial charge in [-0.15, -0.1) is 0 Å². The molecule has 0 spiro atoms. The van der Waals surface area contributed by atoms with Crippen LogP contribution in [0, 0.1) is 0 Å². The maximum absolute atomic E-state index is 16.0. The molecule has 0 saturated heterocycles. The van der Waals surface area contributed by atoms with E-state index >= 15 is 8.78 Å². The molecule has 0 bridgehead atoms. The molecule has 0 amide bonds. The van der Waals surface area contributed by atoms with Crippen molar-refractivity contribution in [1.82, 2.24) is 0 Å². The van der Waals surface area contributed by atoms with Crippen LogP contribution >= 0.6 is 0 Å². The molecule has 1 fully saturated rings. The smallest absolute Gasteiger partial charge is 0.227 e. The van der Waals surface area contributed by atoms with Gasteiger partial charge >= 0.3 is 11.8 Å². The summed E-state index contributed by atoms with van der Waals surface area (Å²) in [7, 11) is 0. The van der Waals surface area contributed by atoms with E-state index < -0.39 is 34.3 Å². The Kier molecular flexibility index (Phi) is 4.90. The molecule has 6 heteroatoms. The number of rotatable bonds is 4. The van der Waals surface area contributed by atoms with Crippen LogP contribution in [0.1, 0.15) is 11.1 Å². The highest BCUT2D eigenvalue weighted by Gasteiger charge is 2.98. The van der Waals surface area contributed by atoms with Gasteiger partial charge in [0.15, 0.2) is 0 Å². The summed E-state index contributed by atoms with van der Waals surface area (Å²) >= 11 is 0. The molecule has 0 N–H and O–H groups in total. The summed E-state index contributed by atoms with van der Waals surface area (Å²) in [5.41, 5.74) is -7.67. The van der Waals surface area contributed by atoms with Crippen LogP contribution in [0.15, 0.2) is 109 Å². The lowest BCUT2D eigenvalue weighted by Crippen LogP contribution is -2.82. The lowest BCUT2D eigenvalue weighted by atomic mass is 9.55. The van der Waals surface area contributed by atoms with Gasteiger partial charge in [0.2, 0.25) is 11.3 Å². The second-order valence-electron chi connectivity index (χ2n) is 8.35. The van der Waals surface area contributed by atoms with E-state index in [0.717, 1.165) is 35.4 Å². The summed E-state index contributed by atoms with van der Waals surface area (Å²) in [6, 6.07) is 26.6. The quantitative estimate of drug-likeness (QED) is 0.264. The largest absolute Gasteiger partial charge is 0.355 e. The maximum Gasteiger partial charge on any atom is 0.355 e. The number of benzene rings is 4. The van der Waals surface area contributed by atoms with E-state index in [1.807, 2.05) is 0 Å². The predicted molar refractivity (Wildman–Crippen MR) is 119 cm³/mol. The SMILES string of the molecule is FC1(F)C(F)(F)[C@@](F)(c2ccc(-c3ccccc3)cc2)[C@@]1(F)c1ccc(-c2ccccc2)cc1. The van der Waals surface area contributed by atoms with Crippen molar-refractivity contribution in [2.24, 2.45) is 0 Å². The Hall–Kier alpha value is -3.54. The number of alkyl halides is 6. The predicted octanol–water partition coefficient (Wildman–Crippen LogP) is 8.33. The van der Waals surface area contributed by atoms with E-state index in [0.29, 0.717) is 11.1 Å². The van der Waals surface area contributed by atoms with Gasteiger partial charge < -0.3 is 0 Å². The molecule has 0 unspecified atom stereocenters. The van der Waals surface area contributed by atoms with Crippen molar-refractivity contribution >= 4 is 0 Å². The fraction of sp³-hybridized carbons (Fsp3) is 0.143. The summed E-state index contributed by atoms with van der Waals surface area (Å²) in [4.78, 5) is 0. The first-order valence-electron chi connectivity index (χ1n) is 10.6. The van der Waals surface area contributed by atoms with Gasteiger partial charge in [-0.1, -0.05) is 109 Å². The summed E-state index contributed by atoms with van der Waals surface area (Å²) < 4.78 is 90.5. The Bertz CT molecular complexity index is 1200. The lowest BCUT2D eigenvalue weighted by Gasteiger charge is -2.58. The van der Waals surface area contributed by atoms with E-state index in [2.05, 4.69) is 0 Å². The van der Waals surface area contributed by atoms with E-state index in [-0.39, 0.29) is 0 Å². The van der Waals surface area contributed by atoms with Gasteiger partial charge in [-0.3, -0.25) is 0 Å². The number of hydrogen-bond donors (Lipinski definition) is 0. The molecule has 0 radical (unpaired) electrons. The molecule has 172 valence electrons. The minimum atomic E-state index is -5.25. The van der Waals surface area contributed by atoms with E-state index in [4.69, 9.17) is 0 Å². The van der Waals surface area contributed by atoms with Gasteiger partial charge in [0.25, 0.3) is 0 Å². The first kappa shape index (κ1) is 22.3. The van der Waals surface area contributed by atoms with E-state index in [9.17, 15) is 17.6 Å². The third kappa shape index (κ3) is 2.74. The minimum Gasteiger partial charge on any atom is -0.227 e. The fourth-order valence-corrected chi connectivity index (χ4v) is 4.61. The second-order valence-corrected chi connectivity index (χ2v) is 8.35. The highest BCUT2D eigenvalue weighted by atomic mass is 19.3. The van der Waals surface area contributed by atoms with Crippen molar-refractivity contribution < 1.29 is 26.3 Å². The Morgan fingerprint density at radius 1 is 0.324 bits per heavy atom. The van der Waals surface area contributed by atoms with Crippen molar-refractivity contribution in [3.8, 4) is 22.3 Å². The molecule has 0 heterocycles. The lowest BCUT2D eigenvalue weighted by molar-refractivity contribution is -0.451. The van der Waals surface area contributed by atoms with Gasteiger partial charge in [-0.2, -0.15) is 17.6 Å². The van der Waals surface area contributed by atoms with Crippen LogP contribution in [0.25, 0.3) is 22.3 Å². The van der Waals surface area contributed by atoms with Crippen LogP contribution in [0.5, 0.6) is 0 Å². The molecule has 0 nitrogen and oxygen atoms in total. The zero-order valence-electron chi connectivity index (χ0n) is 17.7. The topological polar surface area (TPSA) is 0 Å². The van der Waals surface area contributed by atoms with Crippen LogP contribution in [0.2, 0.25) is 0 Å². The fourth-order valence-electron chi connectivity index (χ4n) is 4.61. The molecular weight excluding hydrogens is 450 g/mol. The average molecular weight is 468 g/mol. The Balaban J connectivity index is 1.58. The van der Waals surface area contributed by atoms with Gasteiger partial charge in [0.05, 0.1) is 0 Å². The monoisotopic (exact) mass is 468 g/mol. The standard InChI is InChI=1S/C28H18F6/c29-25(23-15-11-21(12-16-23)19-7-3-1-4-8-19)26(30,28(33,34)27(25,31)32)24-17-13-22(14-18-24)20-9-5-2-6-10-20/h1-18H/t25-,26+. The number of halogens is 6. The van der Waals surface area contributed by atoms with Gasteiger partial charge in [-0.25, -0.2) is 8.78 Å². The zero-order valence-corrected chi connectivity index (χ0v) is 17.7. The van der Waals surface area contributed by atoms with E-state index in [1.54, 1.807) is 60.7 Å². The highest BCUT2D eigenvalue weighted by Crippen LogP contribution is 2.76. The molecular formula is C28H18F6. The third-order valence-electron chi connectivity index (χ3n) is 6.51. The van der Waals surface area contributed by atoms with Crippen LogP contribution in [-0.2, 0) is 11.3 Å². The van der Waals surface area contributed by atoms with Crippen LogP contribution in [-0.4, -0.2) is 11.8 Å². The first-order valence-corrected chi connectivity index (χ1v) is 10.6. The highest BCUT2D eigenvalue weighted by molar-refractivity contribution is 5.66. The molecule has 0 aliphatic heterocycles. The van der Waals surface area contributed by atoms with Crippen molar-refractivity contribution in [3.63, 3.8) is 0 Å². The maximum atomic E-state index is 16.0. The molecule has 0 aromatic heterocycles. The van der Waals surface area contributed by atoms with Crippen molar-refractivity contribution in [3.05, 3.63) is 120 Å². The van der Waals surface area contributed by atoms with E-state index in [1.165, 1.54) is 24.3 Å². The molecule has 1 aliphatic carbocycles. The zero-order chi connectivity index (χ0) is 24.2. The molecule has 4 aromatic rings. The van der Waals surface area contributed by atoms with Gasteiger partial charge in [0.1, 0.15) is 0 Å². The summed E-state index contributed by atoms with van der Waals surface area (Å²) in [6.07, 6.45) is 0. The first-order chi connectivity index (χ1) is 16.1. The summed E-state index contributed by atoms with van der Waals surface area (Å²) in [5, 5.41) is 0. The molecule has 1 saturated carbocycles. The minimum absolute atomic E-state index is 0.555. The van der Waals surface area contributed by atoms with Crippen LogP contribution in [0.4, 0.5) is 26.3 Å². The van der Waals surface area contributed by atoms with Gasteiger partial charge in [-0.05, 0) is 33.4 Å². The molecule has 1 aliphatic rings. The normalized spacial score (nSPS) is 24.9. The summed E-state index contributed by atoms with van der Waals surface area (Å²) in [6.45, 7) is 0. The molecule has 4 aromatic carbocycles. The Labute approximate surface area is 192 Å². The van der Waals surface area contributed by atoms with Crippen molar-refractivity contribution in [2.45, 2.75) is 23.2 Å². The second kappa shape index (κ2) is 7.49. The molecule has 2 atom stereocenters. The third-order valence-corrected chi connectivity index (χ3v) is 6.51. The van der Waals surface area contributed by atoms with Crippen molar-refractivity contribution in [2.75, 3.05) is 0 Å². The van der Waals surface area contributed by atoms with Crippen LogP contribution in [0.3, 0.4) is 0 Å². The van der Waals surface area contributed by atoms with Crippen molar-refractivity contribution in [1.29, 1.82) is 0 Å².